The van der Waals surface area contributed by atoms with Gasteiger partial charge < -0.3 is 10.1 Å². The Labute approximate surface area is 173 Å². The molecule has 0 aliphatic heterocycles. The minimum atomic E-state index is -1.13. The lowest BCUT2D eigenvalue weighted by Crippen LogP contribution is -2.47. The number of thioether (sulfide) groups is 1. The molecule has 9 heteroatoms. The Bertz CT molecular complexity index is 878. The van der Waals surface area contributed by atoms with Crippen molar-refractivity contribution in [1.82, 2.24) is 20.2 Å². The molecular formula is C20H24N4O4S. The van der Waals surface area contributed by atoms with Crippen LogP contribution in [0.5, 0.6) is 0 Å². The first-order chi connectivity index (χ1) is 14.0. The molecule has 1 aliphatic carbocycles. The van der Waals surface area contributed by atoms with Crippen LogP contribution < -0.4 is 10.6 Å². The topological polar surface area (TPSA) is 102 Å². The highest BCUT2D eigenvalue weighted by Crippen LogP contribution is 2.22. The van der Waals surface area contributed by atoms with Gasteiger partial charge in [0.2, 0.25) is 0 Å². The number of benzene rings is 1. The van der Waals surface area contributed by atoms with Gasteiger partial charge in [-0.1, -0.05) is 42.8 Å². The SMILES string of the molecule is CSc1ncc(C(=O)OC(C)C(=O)NC(=O)NC2CCCC2)n1-c1ccccc1. The molecular weight excluding hydrogens is 392 g/mol. The zero-order valence-corrected chi connectivity index (χ0v) is 17.2. The molecule has 8 nitrogen and oxygen atoms in total. The quantitative estimate of drug-likeness (QED) is 0.555. The van der Waals surface area contributed by atoms with Crippen LogP contribution in [0, 0.1) is 0 Å². The monoisotopic (exact) mass is 416 g/mol. The Morgan fingerprint density at radius 3 is 2.55 bits per heavy atom. The number of carbonyl (C=O) groups excluding carboxylic acids is 3. The van der Waals surface area contributed by atoms with E-state index in [9.17, 15) is 14.4 Å². The van der Waals surface area contributed by atoms with Gasteiger partial charge in [0.15, 0.2) is 17.0 Å². The van der Waals surface area contributed by atoms with Gasteiger partial charge in [-0.05, 0) is 38.2 Å². The van der Waals surface area contributed by atoms with Crippen molar-refractivity contribution in [1.29, 1.82) is 0 Å². The number of imide groups is 1. The summed E-state index contributed by atoms with van der Waals surface area (Å²) in [7, 11) is 0. The van der Waals surface area contributed by atoms with Gasteiger partial charge in [-0.15, -0.1) is 0 Å². The van der Waals surface area contributed by atoms with Crippen LogP contribution in [0.15, 0.2) is 41.7 Å². The Morgan fingerprint density at radius 1 is 1.21 bits per heavy atom. The normalized spacial score (nSPS) is 15.0. The fraction of sp³-hybridized carbons (Fsp3) is 0.400. The van der Waals surface area contributed by atoms with Crippen LogP contribution in [-0.2, 0) is 9.53 Å². The molecule has 1 fully saturated rings. The number of para-hydroxylation sites is 1. The van der Waals surface area contributed by atoms with E-state index in [-0.39, 0.29) is 11.7 Å². The summed E-state index contributed by atoms with van der Waals surface area (Å²) in [5.74, 6) is -1.37. The van der Waals surface area contributed by atoms with Gasteiger partial charge in [0.25, 0.3) is 5.91 Å². The summed E-state index contributed by atoms with van der Waals surface area (Å²) in [6, 6.07) is 8.81. The highest BCUT2D eigenvalue weighted by atomic mass is 32.2. The third kappa shape index (κ3) is 5.17. The second-order valence-electron chi connectivity index (χ2n) is 6.79. The van der Waals surface area contributed by atoms with E-state index in [1.807, 2.05) is 36.6 Å². The smallest absolute Gasteiger partial charge is 0.357 e. The highest BCUT2D eigenvalue weighted by molar-refractivity contribution is 7.98. The zero-order chi connectivity index (χ0) is 20.8. The maximum atomic E-state index is 12.7. The van der Waals surface area contributed by atoms with E-state index in [0.29, 0.717) is 5.16 Å². The van der Waals surface area contributed by atoms with E-state index < -0.39 is 24.0 Å². The van der Waals surface area contributed by atoms with E-state index in [0.717, 1.165) is 31.4 Å². The van der Waals surface area contributed by atoms with Crippen LogP contribution in [0.25, 0.3) is 5.69 Å². The molecule has 2 aromatic rings. The number of imidazole rings is 1. The first-order valence-electron chi connectivity index (χ1n) is 9.49. The molecule has 1 aliphatic rings. The standard InChI is InChI=1S/C20H24N4O4S/c1-13(17(25)23-19(27)22-14-8-6-7-9-14)28-18(26)16-12-21-20(29-2)24(16)15-10-4-3-5-11-15/h3-5,10-14H,6-9H2,1-2H3,(H2,22,23,25,27). The lowest BCUT2D eigenvalue weighted by atomic mass is 10.2. The van der Waals surface area contributed by atoms with Gasteiger partial charge in [0.1, 0.15) is 0 Å². The average Bonchev–Trinajstić information content (AvgIpc) is 3.37. The van der Waals surface area contributed by atoms with E-state index in [1.54, 1.807) is 4.57 Å². The zero-order valence-electron chi connectivity index (χ0n) is 16.4. The number of rotatable bonds is 6. The van der Waals surface area contributed by atoms with E-state index in [1.165, 1.54) is 24.9 Å². The highest BCUT2D eigenvalue weighted by Gasteiger charge is 2.25. The number of amides is 3. The van der Waals surface area contributed by atoms with Crippen molar-refractivity contribution in [3.63, 3.8) is 0 Å². The number of hydrogen-bond acceptors (Lipinski definition) is 6. The number of urea groups is 1. The molecule has 0 spiro atoms. The maximum absolute atomic E-state index is 12.7. The molecule has 0 saturated heterocycles. The lowest BCUT2D eigenvalue weighted by Gasteiger charge is -2.16. The third-order valence-electron chi connectivity index (χ3n) is 4.72. The van der Waals surface area contributed by atoms with E-state index >= 15 is 0 Å². The first kappa shape index (κ1) is 20.9. The summed E-state index contributed by atoms with van der Waals surface area (Å²) >= 11 is 1.39. The molecule has 1 unspecified atom stereocenters. The van der Waals surface area contributed by atoms with Gasteiger partial charge in [-0.2, -0.15) is 0 Å². The van der Waals surface area contributed by atoms with Crippen LogP contribution in [0.4, 0.5) is 4.79 Å². The molecule has 1 saturated carbocycles. The second kappa shape index (κ2) is 9.60. The maximum Gasteiger partial charge on any atom is 0.357 e. The van der Waals surface area contributed by atoms with Gasteiger partial charge in [0, 0.05) is 11.7 Å². The molecule has 1 aromatic heterocycles. The Kier molecular flexibility index (Phi) is 6.92. The van der Waals surface area contributed by atoms with Crippen molar-refractivity contribution < 1.29 is 19.1 Å². The third-order valence-corrected chi connectivity index (χ3v) is 5.37. The van der Waals surface area contributed by atoms with Gasteiger partial charge >= 0.3 is 12.0 Å². The second-order valence-corrected chi connectivity index (χ2v) is 7.57. The molecule has 154 valence electrons. The average molecular weight is 417 g/mol. The number of aromatic nitrogens is 2. The van der Waals surface area contributed by atoms with Crippen LogP contribution >= 0.6 is 11.8 Å². The molecule has 3 amide bonds. The lowest BCUT2D eigenvalue weighted by molar-refractivity contribution is -0.127. The largest absolute Gasteiger partial charge is 0.448 e. The van der Waals surface area contributed by atoms with Gasteiger partial charge in [-0.25, -0.2) is 14.6 Å². The Hall–Kier alpha value is -2.81. The number of carbonyl (C=O) groups is 3. The van der Waals surface area contributed by atoms with Crippen LogP contribution in [0.1, 0.15) is 43.1 Å². The predicted octanol–water partition coefficient (Wildman–Crippen LogP) is 2.91. The van der Waals surface area contributed by atoms with E-state index in [2.05, 4.69) is 15.6 Å². The summed E-state index contributed by atoms with van der Waals surface area (Å²) in [5.41, 5.74) is 0.963. The fourth-order valence-corrected chi connectivity index (χ4v) is 3.77. The van der Waals surface area contributed by atoms with Gasteiger partial charge in [-0.3, -0.25) is 14.7 Å². The van der Waals surface area contributed by atoms with Crippen molar-refractivity contribution >= 4 is 29.7 Å². The number of esters is 1. The van der Waals surface area contributed by atoms with Crippen molar-refractivity contribution in [3.8, 4) is 5.69 Å². The van der Waals surface area contributed by atoms with Gasteiger partial charge in [0.05, 0.1) is 6.20 Å². The number of nitrogens with zero attached hydrogens (tertiary/aromatic N) is 2. The minimum Gasteiger partial charge on any atom is -0.448 e. The molecule has 1 atom stereocenters. The first-order valence-corrected chi connectivity index (χ1v) is 10.7. The molecule has 29 heavy (non-hydrogen) atoms. The van der Waals surface area contributed by atoms with E-state index in [4.69, 9.17) is 4.74 Å². The predicted molar refractivity (Wildman–Crippen MR) is 109 cm³/mol. The van der Waals surface area contributed by atoms with Crippen molar-refractivity contribution in [2.24, 2.45) is 0 Å². The summed E-state index contributed by atoms with van der Waals surface area (Å²) in [5, 5.41) is 5.62. The molecule has 2 N–H and O–H groups in total. The molecule has 3 rings (SSSR count). The van der Waals surface area contributed by atoms with Crippen molar-refractivity contribution in [3.05, 3.63) is 42.2 Å². The number of nitrogens with one attached hydrogen (secondary N) is 2. The number of ether oxygens (including phenoxy) is 1. The van der Waals surface area contributed by atoms with Crippen LogP contribution in [-0.4, -0.2) is 45.9 Å². The van der Waals surface area contributed by atoms with Crippen LogP contribution in [0.3, 0.4) is 0 Å². The summed E-state index contributed by atoms with van der Waals surface area (Å²) < 4.78 is 6.96. The molecule has 1 heterocycles. The summed E-state index contributed by atoms with van der Waals surface area (Å²) in [6.45, 7) is 1.43. The van der Waals surface area contributed by atoms with Crippen LogP contribution in [0.2, 0.25) is 0 Å². The summed E-state index contributed by atoms with van der Waals surface area (Å²) in [6.07, 6.45) is 6.10. The summed E-state index contributed by atoms with van der Waals surface area (Å²) in [4.78, 5) is 41.1. The molecule has 1 aromatic carbocycles. The van der Waals surface area contributed by atoms with Crippen molar-refractivity contribution in [2.45, 2.75) is 49.9 Å². The molecule has 0 bridgehead atoms. The minimum absolute atomic E-state index is 0.0887. The number of hydrogen-bond donors (Lipinski definition) is 2. The Balaban J connectivity index is 1.64. The Morgan fingerprint density at radius 2 is 1.90 bits per heavy atom. The fourth-order valence-electron chi connectivity index (χ4n) is 3.23. The molecule has 0 radical (unpaired) electrons. The van der Waals surface area contributed by atoms with Crippen molar-refractivity contribution in [2.75, 3.05) is 6.26 Å².